The quantitative estimate of drug-likeness (QED) is 0.519. The van der Waals surface area contributed by atoms with Crippen molar-refractivity contribution in [1.29, 1.82) is 0 Å². The van der Waals surface area contributed by atoms with Crippen molar-refractivity contribution < 1.29 is 14.8 Å². The fourth-order valence-corrected chi connectivity index (χ4v) is 1.71. The molecule has 0 aliphatic rings. The van der Waals surface area contributed by atoms with Gasteiger partial charge in [-0.2, -0.15) is 0 Å². The highest BCUT2D eigenvalue weighted by molar-refractivity contribution is 5.95. The van der Waals surface area contributed by atoms with Crippen molar-refractivity contribution in [1.82, 2.24) is 5.32 Å². The number of rotatable bonds is 7. The molecule has 1 aromatic rings. The summed E-state index contributed by atoms with van der Waals surface area (Å²) in [5.41, 5.74) is 0.456. The number of carbonyl (C=O) groups excluding carboxylic acids is 1. The summed E-state index contributed by atoms with van der Waals surface area (Å²) in [4.78, 5) is 22.2. The van der Waals surface area contributed by atoms with Gasteiger partial charge in [0, 0.05) is 24.2 Å². The minimum absolute atomic E-state index is 0.120. The van der Waals surface area contributed by atoms with Gasteiger partial charge in [-0.1, -0.05) is 6.92 Å². The Hall–Kier alpha value is -2.15. The molecule has 0 aromatic heterocycles. The van der Waals surface area contributed by atoms with Crippen LogP contribution in [0.4, 0.5) is 11.4 Å². The Balaban J connectivity index is 3.11. The molecule has 0 heterocycles. The number of aliphatic hydroxyl groups is 1. The van der Waals surface area contributed by atoms with E-state index in [9.17, 15) is 14.9 Å². The number of hydrogen-bond donors (Lipinski definition) is 3. The molecule has 0 fully saturated rings. The minimum Gasteiger partial charge on any atom is -0.394 e. The van der Waals surface area contributed by atoms with Crippen LogP contribution in [0.1, 0.15) is 30.6 Å². The Kier molecular flexibility index (Phi) is 5.92. The second kappa shape index (κ2) is 7.44. The highest BCUT2D eigenvalue weighted by Crippen LogP contribution is 2.26. The van der Waals surface area contributed by atoms with E-state index in [4.69, 9.17) is 5.11 Å². The first-order valence-electron chi connectivity index (χ1n) is 6.47. The number of nitro benzene ring substituents is 1. The minimum atomic E-state index is -0.520. The molecule has 0 spiro atoms. The Morgan fingerprint density at radius 3 is 2.65 bits per heavy atom. The molecule has 0 aliphatic heterocycles. The molecule has 0 saturated carbocycles. The summed E-state index contributed by atoms with van der Waals surface area (Å²) in [6, 6.07) is 3.84. The molecular formula is C13H19N3O4. The average molecular weight is 281 g/mol. The lowest BCUT2D eigenvalue weighted by Crippen LogP contribution is -2.25. The third kappa shape index (κ3) is 3.92. The number of anilines is 1. The molecule has 0 aliphatic carbocycles. The van der Waals surface area contributed by atoms with E-state index in [2.05, 4.69) is 10.6 Å². The number of nitro groups is 1. The summed E-state index contributed by atoms with van der Waals surface area (Å²) < 4.78 is 0. The predicted molar refractivity (Wildman–Crippen MR) is 75.9 cm³/mol. The van der Waals surface area contributed by atoms with Crippen molar-refractivity contribution in [2.45, 2.75) is 26.3 Å². The van der Waals surface area contributed by atoms with Crippen LogP contribution in [0.2, 0.25) is 0 Å². The van der Waals surface area contributed by atoms with Crippen LogP contribution < -0.4 is 10.6 Å². The Morgan fingerprint density at radius 1 is 1.45 bits per heavy atom. The molecule has 0 bridgehead atoms. The van der Waals surface area contributed by atoms with Gasteiger partial charge in [0.15, 0.2) is 0 Å². The number of nitrogens with one attached hydrogen (secondary N) is 2. The van der Waals surface area contributed by atoms with Gasteiger partial charge in [-0.25, -0.2) is 0 Å². The van der Waals surface area contributed by atoms with E-state index in [0.29, 0.717) is 18.5 Å². The van der Waals surface area contributed by atoms with Crippen molar-refractivity contribution in [3.8, 4) is 0 Å². The molecule has 1 atom stereocenters. The zero-order chi connectivity index (χ0) is 15.1. The molecule has 1 rings (SSSR count). The second-order valence-electron chi connectivity index (χ2n) is 4.28. The van der Waals surface area contributed by atoms with Crippen LogP contribution >= 0.6 is 0 Å². The van der Waals surface area contributed by atoms with Crippen LogP contribution in [0.15, 0.2) is 18.2 Å². The molecular weight excluding hydrogens is 262 g/mol. The number of benzene rings is 1. The Labute approximate surface area is 117 Å². The van der Waals surface area contributed by atoms with Crippen LogP contribution in [-0.2, 0) is 0 Å². The van der Waals surface area contributed by atoms with Crippen LogP contribution in [0.5, 0.6) is 0 Å². The largest absolute Gasteiger partial charge is 0.394 e. The molecule has 1 amide bonds. The maximum absolute atomic E-state index is 11.7. The normalized spacial score (nSPS) is 11.8. The number of amides is 1. The molecule has 1 unspecified atom stereocenters. The molecule has 7 heteroatoms. The lowest BCUT2D eigenvalue weighted by atomic mass is 10.1. The Morgan fingerprint density at radius 2 is 2.15 bits per heavy atom. The monoisotopic (exact) mass is 281 g/mol. The predicted octanol–water partition coefficient (Wildman–Crippen LogP) is 1.53. The summed E-state index contributed by atoms with van der Waals surface area (Å²) in [5, 5.41) is 25.7. The molecule has 7 nitrogen and oxygen atoms in total. The van der Waals surface area contributed by atoms with Crippen molar-refractivity contribution in [2.75, 3.05) is 18.5 Å². The van der Waals surface area contributed by atoms with Crippen molar-refractivity contribution >= 4 is 17.3 Å². The molecule has 20 heavy (non-hydrogen) atoms. The number of aliphatic hydroxyl groups excluding tert-OH is 1. The van der Waals surface area contributed by atoms with E-state index < -0.39 is 4.92 Å². The van der Waals surface area contributed by atoms with E-state index in [1.54, 1.807) is 6.92 Å². The lowest BCUT2D eigenvalue weighted by Gasteiger charge is -2.16. The van der Waals surface area contributed by atoms with Crippen molar-refractivity contribution in [3.63, 3.8) is 0 Å². The zero-order valence-electron chi connectivity index (χ0n) is 11.5. The van der Waals surface area contributed by atoms with Gasteiger partial charge in [-0.3, -0.25) is 14.9 Å². The van der Waals surface area contributed by atoms with E-state index in [1.165, 1.54) is 18.2 Å². The van der Waals surface area contributed by atoms with Crippen molar-refractivity contribution in [2.24, 2.45) is 0 Å². The fourth-order valence-electron chi connectivity index (χ4n) is 1.71. The van der Waals surface area contributed by atoms with Gasteiger partial charge >= 0.3 is 0 Å². The van der Waals surface area contributed by atoms with E-state index in [1.807, 2.05) is 6.92 Å². The second-order valence-corrected chi connectivity index (χ2v) is 4.28. The zero-order valence-corrected chi connectivity index (χ0v) is 11.5. The van der Waals surface area contributed by atoms with Gasteiger partial charge < -0.3 is 15.7 Å². The molecule has 110 valence electrons. The van der Waals surface area contributed by atoms with Crippen LogP contribution in [-0.4, -0.2) is 35.1 Å². The summed E-state index contributed by atoms with van der Waals surface area (Å²) >= 11 is 0. The summed E-state index contributed by atoms with van der Waals surface area (Å²) in [6.45, 7) is 3.99. The summed E-state index contributed by atoms with van der Waals surface area (Å²) in [7, 11) is 0. The van der Waals surface area contributed by atoms with Gasteiger partial charge in [-0.15, -0.1) is 0 Å². The average Bonchev–Trinajstić information content (AvgIpc) is 2.44. The number of nitrogens with zero attached hydrogens (tertiary/aromatic N) is 1. The first kappa shape index (κ1) is 15.9. The van der Waals surface area contributed by atoms with Crippen molar-refractivity contribution in [3.05, 3.63) is 33.9 Å². The van der Waals surface area contributed by atoms with Crippen LogP contribution in [0.25, 0.3) is 0 Å². The van der Waals surface area contributed by atoms with Crippen LogP contribution in [0.3, 0.4) is 0 Å². The number of carbonyl (C=O) groups is 1. The third-order valence-electron chi connectivity index (χ3n) is 2.87. The van der Waals surface area contributed by atoms with Crippen LogP contribution in [0, 0.1) is 10.1 Å². The maximum atomic E-state index is 11.7. The molecule has 1 aromatic carbocycles. The molecule has 3 N–H and O–H groups in total. The molecule has 0 saturated heterocycles. The fraction of sp³-hybridized carbons (Fsp3) is 0.462. The van der Waals surface area contributed by atoms with E-state index in [-0.39, 0.29) is 29.9 Å². The van der Waals surface area contributed by atoms with Gasteiger partial charge in [-0.05, 0) is 25.5 Å². The highest BCUT2D eigenvalue weighted by Gasteiger charge is 2.18. The highest BCUT2D eigenvalue weighted by atomic mass is 16.6. The topological polar surface area (TPSA) is 104 Å². The third-order valence-corrected chi connectivity index (χ3v) is 2.87. The summed E-state index contributed by atoms with van der Waals surface area (Å²) in [5.74, 6) is -0.289. The first-order chi connectivity index (χ1) is 9.53. The first-order valence-corrected chi connectivity index (χ1v) is 6.47. The SMILES string of the molecule is CCNC(=O)c1ccc([N+](=O)[O-])c(NC(CC)CO)c1. The van der Waals surface area contributed by atoms with Gasteiger partial charge in [0.1, 0.15) is 5.69 Å². The summed E-state index contributed by atoms with van der Waals surface area (Å²) in [6.07, 6.45) is 0.610. The van der Waals surface area contributed by atoms with Gasteiger partial charge in [0.05, 0.1) is 11.5 Å². The van der Waals surface area contributed by atoms with Gasteiger partial charge in [0.2, 0.25) is 0 Å². The maximum Gasteiger partial charge on any atom is 0.292 e. The van der Waals surface area contributed by atoms with E-state index >= 15 is 0 Å². The smallest absolute Gasteiger partial charge is 0.292 e. The molecule has 0 radical (unpaired) electrons. The Bertz CT molecular complexity index is 487. The lowest BCUT2D eigenvalue weighted by molar-refractivity contribution is -0.384. The standard InChI is InChI=1S/C13H19N3O4/c1-3-10(8-17)15-11-7-9(13(18)14-4-2)5-6-12(11)16(19)20/h5-7,10,15,17H,3-4,8H2,1-2H3,(H,14,18). The van der Waals surface area contributed by atoms with E-state index in [0.717, 1.165) is 0 Å². The number of hydrogen-bond acceptors (Lipinski definition) is 5. The van der Waals surface area contributed by atoms with Gasteiger partial charge in [0.25, 0.3) is 11.6 Å².